The number of ketones is 1. The lowest BCUT2D eigenvalue weighted by Crippen LogP contribution is -2.33. The van der Waals surface area contributed by atoms with Gasteiger partial charge in [0.25, 0.3) is 11.6 Å². The summed E-state index contributed by atoms with van der Waals surface area (Å²) >= 11 is 0. The summed E-state index contributed by atoms with van der Waals surface area (Å²) in [5.74, 6) is -1.98. The fourth-order valence-electron chi connectivity index (χ4n) is 2.51. The van der Waals surface area contributed by atoms with Gasteiger partial charge in [0.1, 0.15) is 0 Å². The van der Waals surface area contributed by atoms with E-state index in [0.29, 0.717) is 5.56 Å². The Hall–Kier alpha value is -2.74. The lowest BCUT2D eigenvalue weighted by molar-refractivity contribution is -0.384. The van der Waals surface area contributed by atoms with Crippen LogP contribution in [0.3, 0.4) is 0 Å². The fourth-order valence-corrected chi connectivity index (χ4v) is 2.51. The highest BCUT2D eigenvalue weighted by Gasteiger charge is 2.42. The maximum atomic E-state index is 12.0. The molecule has 0 bridgehead atoms. The van der Waals surface area contributed by atoms with Crippen LogP contribution in [0, 0.1) is 10.1 Å². The molecule has 116 valence electrons. The highest BCUT2D eigenvalue weighted by Crippen LogP contribution is 2.38. The van der Waals surface area contributed by atoms with Crippen LogP contribution in [0.4, 0.5) is 5.69 Å². The highest BCUT2D eigenvalue weighted by atomic mass is 16.6. The van der Waals surface area contributed by atoms with Gasteiger partial charge in [-0.3, -0.25) is 19.7 Å². The molecule has 0 saturated carbocycles. The van der Waals surface area contributed by atoms with Crippen molar-refractivity contribution in [2.24, 2.45) is 0 Å². The molecular formula is C14H14N2O6. The first-order valence-corrected chi connectivity index (χ1v) is 6.48. The van der Waals surface area contributed by atoms with Crippen LogP contribution in [0.1, 0.15) is 18.5 Å². The van der Waals surface area contributed by atoms with Gasteiger partial charge in [-0.2, -0.15) is 0 Å². The Morgan fingerprint density at radius 1 is 1.45 bits per heavy atom. The number of rotatable bonds is 5. The van der Waals surface area contributed by atoms with Crippen LogP contribution in [0.15, 0.2) is 35.6 Å². The van der Waals surface area contributed by atoms with Crippen molar-refractivity contribution in [2.45, 2.75) is 13.0 Å². The molecule has 0 spiro atoms. The number of carbonyl (C=O) groups excluding carboxylic acids is 2. The van der Waals surface area contributed by atoms with Crippen molar-refractivity contribution in [1.29, 1.82) is 0 Å². The Kier molecular flexibility index (Phi) is 4.22. The second-order valence-corrected chi connectivity index (χ2v) is 4.80. The van der Waals surface area contributed by atoms with Gasteiger partial charge in [0.05, 0.1) is 23.1 Å². The number of nitrogens with zero attached hydrogens (tertiary/aromatic N) is 2. The molecule has 1 aromatic carbocycles. The molecule has 2 rings (SSSR count). The molecule has 2 N–H and O–H groups in total. The lowest BCUT2D eigenvalue weighted by atomic mass is 9.96. The zero-order valence-corrected chi connectivity index (χ0v) is 11.7. The van der Waals surface area contributed by atoms with Gasteiger partial charge >= 0.3 is 0 Å². The maximum absolute atomic E-state index is 12.0. The molecule has 1 atom stereocenters. The number of aliphatic hydroxyl groups excluding tert-OH is 2. The predicted molar refractivity (Wildman–Crippen MR) is 75.0 cm³/mol. The van der Waals surface area contributed by atoms with E-state index in [1.807, 2.05) is 0 Å². The highest BCUT2D eigenvalue weighted by molar-refractivity contribution is 6.08. The van der Waals surface area contributed by atoms with E-state index in [1.54, 1.807) is 0 Å². The van der Waals surface area contributed by atoms with Crippen LogP contribution in [0.5, 0.6) is 0 Å². The van der Waals surface area contributed by atoms with E-state index in [4.69, 9.17) is 5.11 Å². The lowest BCUT2D eigenvalue weighted by Gasteiger charge is -2.25. The summed E-state index contributed by atoms with van der Waals surface area (Å²) in [6.45, 7) is 0.730. The van der Waals surface area contributed by atoms with E-state index in [9.17, 15) is 24.8 Å². The number of non-ortho nitro benzene ring substituents is 1. The zero-order valence-electron chi connectivity index (χ0n) is 11.7. The van der Waals surface area contributed by atoms with Crippen LogP contribution in [0.2, 0.25) is 0 Å². The number of β-amino-alcohol motifs (C(OH)–C–C–N with tert-alkyl or cyclic N) is 1. The average Bonchev–Trinajstić information content (AvgIpc) is 2.72. The normalized spacial score (nSPS) is 18.0. The third-order valence-electron chi connectivity index (χ3n) is 3.42. The predicted octanol–water partition coefficient (Wildman–Crippen LogP) is 0.871. The summed E-state index contributed by atoms with van der Waals surface area (Å²) in [5, 5.41) is 29.8. The number of hydrogen-bond acceptors (Lipinski definition) is 6. The Balaban J connectivity index is 2.57. The van der Waals surface area contributed by atoms with E-state index in [0.717, 1.165) is 4.90 Å². The standard InChI is InChI=1S/C14H14N2O6/c1-8(18)11-12(15(5-6-17)14(20)13(11)19)9-3-2-4-10(7-9)16(21)22/h2-4,7,12,17,19H,5-6H2,1H3. The fraction of sp³-hybridized carbons (Fsp3) is 0.286. The maximum Gasteiger partial charge on any atom is 0.290 e. The van der Waals surface area contributed by atoms with E-state index in [1.165, 1.54) is 31.2 Å². The average molecular weight is 306 g/mol. The molecule has 1 unspecified atom stereocenters. The summed E-state index contributed by atoms with van der Waals surface area (Å²) in [6, 6.07) is 4.54. The monoisotopic (exact) mass is 306 g/mol. The molecule has 0 saturated heterocycles. The topological polar surface area (TPSA) is 121 Å². The Morgan fingerprint density at radius 2 is 2.14 bits per heavy atom. The number of hydrogen-bond donors (Lipinski definition) is 2. The second-order valence-electron chi connectivity index (χ2n) is 4.80. The molecule has 1 aliphatic heterocycles. The van der Waals surface area contributed by atoms with Gasteiger partial charge in [0.15, 0.2) is 11.5 Å². The van der Waals surface area contributed by atoms with Gasteiger partial charge in [-0.05, 0) is 12.5 Å². The molecule has 1 heterocycles. The minimum atomic E-state index is -0.947. The second kappa shape index (κ2) is 5.94. The molecule has 0 aromatic heterocycles. The number of nitro benzene ring substituents is 1. The molecule has 0 fully saturated rings. The number of amides is 1. The largest absolute Gasteiger partial charge is 0.503 e. The third-order valence-corrected chi connectivity index (χ3v) is 3.42. The van der Waals surface area contributed by atoms with Crippen molar-refractivity contribution in [3.63, 3.8) is 0 Å². The van der Waals surface area contributed by atoms with Crippen LogP contribution in [0.25, 0.3) is 0 Å². The number of aliphatic hydroxyl groups is 2. The van der Waals surface area contributed by atoms with Gasteiger partial charge < -0.3 is 15.1 Å². The molecule has 8 nitrogen and oxygen atoms in total. The number of benzene rings is 1. The van der Waals surface area contributed by atoms with Crippen LogP contribution >= 0.6 is 0 Å². The Bertz CT molecular complexity index is 682. The molecule has 0 radical (unpaired) electrons. The van der Waals surface area contributed by atoms with Crippen molar-refractivity contribution >= 4 is 17.4 Å². The van der Waals surface area contributed by atoms with Crippen LogP contribution < -0.4 is 0 Å². The summed E-state index contributed by atoms with van der Waals surface area (Å²) in [5.41, 5.74) is 0.00684. The van der Waals surface area contributed by atoms with E-state index < -0.39 is 28.4 Å². The number of nitro groups is 1. The minimum absolute atomic E-state index is 0.104. The molecule has 1 amide bonds. The zero-order chi connectivity index (χ0) is 16.4. The molecule has 1 aliphatic rings. The van der Waals surface area contributed by atoms with Gasteiger partial charge in [-0.25, -0.2) is 0 Å². The van der Waals surface area contributed by atoms with Crippen molar-refractivity contribution < 1.29 is 24.7 Å². The van der Waals surface area contributed by atoms with Gasteiger partial charge in [0.2, 0.25) is 0 Å². The number of Topliss-reactive ketones (excluding diaryl/α,β-unsaturated/α-hetero) is 1. The van der Waals surface area contributed by atoms with Crippen LogP contribution in [-0.2, 0) is 9.59 Å². The first-order chi connectivity index (χ1) is 10.4. The summed E-state index contributed by atoms with van der Waals surface area (Å²) in [4.78, 5) is 35.2. The van der Waals surface area contributed by atoms with Gasteiger partial charge in [-0.15, -0.1) is 0 Å². The van der Waals surface area contributed by atoms with E-state index >= 15 is 0 Å². The summed E-state index contributed by atoms with van der Waals surface area (Å²) in [7, 11) is 0. The smallest absolute Gasteiger partial charge is 0.290 e. The minimum Gasteiger partial charge on any atom is -0.503 e. The van der Waals surface area contributed by atoms with Crippen molar-refractivity contribution in [3.8, 4) is 0 Å². The molecule has 8 heteroatoms. The first kappa shape index (κ1) is 15.6. The summed E-state index contributed by atoms with van der Waals surface area (Å²) < 4.78 is 0. The van der Waals surface area contributed by atoms with Gasteiger partial charge in [0, 0.05) is 18.7 Å². The number of carbonyl (C=O) groups is 2. The van der Waals surface area contributed by atoms with Crippen molar-refractivity contribution in [3.05, 3.63) is 51.3 Å². The van der Waals surface area contributed by atoms with Crippen molar-refractivity contribution in [2.75, 3.05) is 13.2 Å². The first-order valence-electron chi connectivity index (χ1n) is 6.48. The SMILES string of the molecule is CC(=O)C1=C(O)C(=O)N(CCO)C1c1cccc([N+](=O)[O-])c1. The summed E-state index contributed by atoms with van der Waals surface area (Å²) in [6.07, 6.45) is 0. The molecule has 0 aliphatic carbocycles. The third kappa shape index (κ3) is 2.56. The Morgan fingerprint density at radius 3 is 2.68 bits per heavy atom. The van der Waals surface area contributed by atoms with Crippen LogP contribution in [-0.4, -0.2) is 44.9 Å². The van der Waals surface area contributed by atoms with Gasteiger partial charge in [-0.1, -0.05) is 12.1 Å². The van der Waals surface area contributed by atoms with E-state index in [-0.39, 0.29) is 24.4 Å². The van der Waals surface area contributed by atoms with E-state index in [2.05, 4.69) is 0 Å². The quantitative estimate of drug-likeness (QED) is 0.615. The molecule has 22 heavy (non-hydrogen) atoms. The van der Waals surface area contributed by atoms with Crippen molar-refractivity contribution in [1.82, 2.24) is 4.90 Å². The molecule has 1 aromatic rings. The molecular weight excluding hydrogens is 292 g/mol. The Labute approximate surface area is 125 Å².